The number of benzene rings is 2. The topological polar surface area (TPSA) is 52.6 Å². The molecular weight excluding hydrogens is 360 g/mol. The third-order valence-electron chi connectivity index (χ3n) is 5.69. The van der Waals surface area contributed by atoms with Gasteiger partial charge in [-0.25, -0.2) is 0 Å². The standard InChI is InChI=1S/C25H34N2O2/c1-18(2)15-22(26-25(29)17-20-12-11-19(3)24(28)16-20)21-9-5-6-10-23(21)27-13-7-4-8-14-27/h5-6,9-12,16,18,22,28H,4,7-8,13-15,17H2,1-3H3,(H,26,29)/t22-/m0/s1. The molecule has 1 atom stereocenters. The van der Waals surface area contributed by atoms with Crippen LogP contribution in [0.15, 0.2) is 42.5 Å². The summed E-state index contributed by atoms with van der Waals surface area (Å²) in [5.74, 6) is 0.704. The van der Waals surface area contributed by atoms with Gasteiger partial charge in [0.15, 0.2) is 0 Å². The fourth-order valence-corrected chi connectivity index (χ4v) is 4.14. The fraction of sp³-hybridized carbons (Fsp3) is 0.480. The molecule has 2 aromatic carbocycles. The van der Waals surface area contributed by atoms with Gasteiger partial charge in [0.05, 0.1) is 12.5 Å². The first-order valence-electron chi connectivity index (χ1n) is 10.9. The minimum absolute atomic E-state index is 0.00708. The molecule has 0 radical (unpaired) electrons. The van der Waals surface area contributed by atoms with Crippen molar-refractivity contribution in [3.63, 3.8) is 0 Å². The lowest BCUT2D eigenvalue weighted by Crippen LogP contribution is -2.34. The summed E-state index contributed by atoms with van der Waals surface area (Å²) in [5.41, 5.74) is 4.12. The zero-order valence-corrected chi connectivity index (χ0v) is 17.9. The minimum Gasteiger partial charge on any atom is -0.508 e. The highest BCUT2D eigenvalue weighted by Gasteiger charge is 2.22. The third kappa shape index (κ3) is 5.75. The summed E-state index contributed by atoms with van der Waals surface area (Å²) < 4.78 is 0. The lowest BCUT2D eigenvalue weighted by atomic mass is 9.94. The van der Waals surface area contributed by atoms with Gasteiger partial charge < -0.3 is 15.3 Å². The number of amides is 1. The first kappa shape index (κ1) is 21.2. The maximum absolute atomic E-state index is 12.9. The van der Waals surface area contributed by atoms with Gasteiger partial charge >= 0.3 is 0 Å². The lowest BCUT2D eigenvalue weighted by Gasteiger charge is -2.33. The number of carbonyl (C=O) groups excluding carboxylic acids is 1. The number of phenols is 1. The number of phenolic OH excluding ortho intramolecular Hbond substituents is 1. The number of hydrogen-bond acceptors (Lipinski definition) is 3. The molecule has 0 bridgehead atoms. The van der Waals surface area contributed by atoms with Gasteiger partial charge in [0, 0.05) is 18.8 Å². The highest BCUT2D eigenvalue weighted by Crippen LogP contribution is 2.32. The Morgan fingerprint density at radius 1 is 1.10 bits per heavy atom. The van der Waals surface area contributed by atoms with Gasteiger partial charge in [-0.15, -0.1) is 0 Å². The molecule has 1 saturated heterocycles. The molecule has 4 heteroatoms. The van der Waals surface area contributed by atoms with Gasteiger partial charge in [0.1, 0.15) is 5.75 Å². The number of aromatic hydroxyl groups is 1. The van der Waals surface area contributed by atoms with E-state index in [1.807, 2.05) is 19.1 Å². The molecule has 1 amide bonds. The predicted molar refractivity (Wildman–Crippen MR) is 119 cm³/mol. The molecule has 3 rings (SSSR count). The van der Waals surface area contributed by atoms with E-state index in [1.165, 1.54) is 30.5 Å². The molecule has 0 saturated carbocycles. The van der Waals surface area contributed by atoms with Crippen molar-refractivity contribution in [1.82, 2.24) is 5.32 Å². The fourth-order valence-electron chi connectivity index (χ4n) is 4.14. The third-order valence-corrected chi connectivity index (χ3v) is 5.69. The highest BCUT2D eigenvalue weighted by atomic mass is 16.3. The molecule has 2 aromatic rings. The van der Waals surface area contributed by atoms with Gasteiger partial charge in [0.2, 0.25) is 5.91 Å². The van der Waals surface area contributed by atoms with Gasteiger partial charge in [0.25, 0.3) is 0 Å². The second kappa shape index (κ2) is 9.82. The number of aryl methyl sites for hydroxylation is 1. The van der Waals surface area contributed by atoms with Crippen LogP contribution in [0.2, 0.25) is 0 Å². The van der Waals surface area contributed by atoms with Crippen molar-refractivity contribution in [3.8, 4) is 5.75 Å². The Labute approximate surface area is 174 Å². The molecule has 156 valence electrons. The van der Waals surface area contributed by atoms with Gasteiger partial charge in [-0.3, -0.25) is 4.79 Å². The van der Waals surface area contributed by atoms with Gasteiger partial charge in [-0.05, 0) is 67.3 Å². The monoisotopic (exact) mass is 394 g/mol. The van der Waals surface area contributed by atoms with Crippen molar-refractivity contribution in [1.29, 1.82) is 0 Å². The lowest BCUT2D eigenvalue weighted by molar-refractivity contribution is -0.121. The summed E-state index contributed by atoms with van der Waals surface area (Å²) in [5, 5.41) is 13.2. The van der Waals surface area contributed by atoms with Crippen molar-refractivity contribution in [2.24, 2.45) is 5.92 Å². The molecule has 1 heterocycles. The number of para-hydroxylation sites is 1. The summed E-state index contributed by atoms with van der Waals surface area (Å²) in [4.78, 5) is 15.3. The van der Waals surface area contributed by atoms with Crippen LogP contribution in [0, 0.1) is 12.8 Å². The Balaban J connectivity index is 1.79. The van der Waals surface area contributed by atoms with E-state index >= 15 is 0 Å². The molecule has 1 aliphatic heterocycles. The summed E-state index contributed by atoms with van der Waals surface area (Å²) in [6.45, 7) is 8.42. The Hall–Kier alpha value is -2.49. The van der Waals surface area contributed by atoms with Crippen LogP contribution >= 0.6 is 0 Å². The van der Waals surface area contributed by atoms with E-state index in [0.29, 0.717) is 5.92 Å². The van der Waals surface area contributed by atoms with E-state index in [1.54, 1.807) is 6.07 Å². The number of carbonyl (C=O) groups is 1. The summed E-state index contributed by atoms with van der Waals surface area (Å²) in [6, 6.07) is 14.0. The van der Waals surface area contributed by atoms with Crippen LogP contribution in [-0.4, -0.2) is 24.1 Å². The molecule has 0 unspecified atom stereocenters. The van der Waals surface area contributed by atoms with E-state index in [2.05, 4.69) is 48.3 Å². The Kier molecular flexibility index (Phi) is 7.18. The first-order chi connectivity index (χ1) is 13.9. The average Bonchev–Trinajstić information content (AvgIpc) is 2.70. The minimum atomic E-state index is -0.0142. The molecule has 0 aromatic heterocycles. The zero-order chi connectivity index (χ0) is 20.8. The molecule has 29 heavy (non-hydrogen) atoms. The van der Waals surface area contributed by atoms with Crippen LogP contribution in [0.25, 0.3) is 0 Å². The smallest absolute Gasteiger partial charge is 0.224 e. The largest absolute Gasteiger partial charge is 0.508 e. The second-order valence-electron chi connectivity index (χ2n) is 8.65. The van der Waals surface area contributed by atoms with E-state index in [0.717, 1.165) is 30.6 Å². The first-order valence-corrected chi connectivity index (χ1v) is 10.9. The number of nitrogens with zero attached hydrogens (tertiary/aromatic N) is 1. The highest BCUT2D eigenvalue weighted by molar-refractivity contribution is 5.79. The predicted octanol–water partition coefficient (Wildman–Crippen LogP) is 5.14. The maximum atomic E-state index is 12.9. The second-order valence-corrected chi connectivity index (χ2v) is 8.65. The number of nitrogens with one attached hydrogen (secondary N) is 1. The van der Waals surface area contributed by atoms with Gasteiger partial charge in [-0.2, -0.15) is 0 Å². The van der Waals surface area contributed by atoms with Crippen LogP contribution < -0.4 is 10.2 Å². The summed E-state index contributed by atoms with van der Waals surface area (Å²) >= 11 is 0. The Bertz CT molecular complexity index is 825. The number of anilines is 1. The molecule has 2 N–H and O–H groups in total. The Morgan fingerprint density at radius 3 is 2.52 bits per heavy atom. The molecule has 1 aliphatic rings. The van der Waals surface area contributed by atoms with Crippen molar-refractivity contribution in [3.05, 3.63) is 59.2 Å². The number of piperidine rings is 1. The van der Waals surface area contributed by atoms with Crippen molar-refractivity contribution in [2.45, 2.75) is 58.9 Å². The van der Waals surface area contributed by atoms with E-state index in [9.17, 15) is 9.90 Å². The average molecular weight is 395 g/mol. The van der Waals surface area contributed by atoms with E-state index in [-0.39, 0.29) is 24.1 Å². The molecule has 0 spiro atoms. The number of hydrogen-bond donors (Lipinski definition) is 2. The molecule has 1 fully saturated rings. The van der Waals surface area contributed by atoms with Gasteiger partial charge in [-0.1, -0.05) is 44.2 Å². The quantitative estimate of drug-likeness (QED) is 0.684. The summed E-state index contributed by atoms with van der Waals surface area (Å²) in [6.07, 6.45) is 4.93. The van der Waals surface area contributed by atoms with Crippen LogP contribution in [-0.2, 0) is 11.2 Å². The van der Waals surface area contributed by atoms with Crippen molar-refractivity contribution < 1.29 is 9.90 Å². The summed E-state index contributed by atoms with van der Waals surface area (Å²) in [7, 11) is 0. The molecular formula is C25H34N2O2. The van der Waals surface area contributed by atoms with Crippen LogP contribution in [0.3, 0.4) is 0 Å². The molecule has 0 aliphatic carbocycles. The maximum Gasteiger partial charge on any atom is 0.224 e. The Morgan fingerprint density at radius 2 is 1.83 bits per heavy atom. The number of rotatable bonds is 7. The van der Waals surface area contributed by atoms with Crippen LogP contribution in [0.4, 0.5) is 5.69 Å². The normalized spacial score (nSPS) is 15.4. The SMILES string of the molecule is Cc1ccc(CC(=O)N[C@@H](CC(C)C)c2ccccc2N2CCCCC2)cc1O. The van der Waals surface area contributed by atoms with Crippen molar-refractivity contribution >= 4 is 11.6 Å². The van der Waals surface area contributed by atoms with Crippen LogP contribution in [0.1, 0.15) is 62.3 Å². The zero-order valence-electron chi connectivity index (χ0n) is 17.9. The van der Waals surface area contributed by atoms with Crippen molar-refractivity contribution in [2.75, 3.05) is 18.0 Å². The van der Waals surface area contributed by atoms with E-state index in [4.69, 9.17) is 0 Å². The molecule has 4 nitrogen and oxygen atoms in total. The van der Waals surface area contributed by atoms with E-state index < -0.39 is 0 Å². The van der Waals surface area contributed by atoms with Crippen LogP contribution in [0.5, 0.6) is 5.75 Å².